The van der Waals surface area contributed by atoms with Gasteiger partial charge in [0.05, 0.1) is 17.4 Å². The number of piperazine rings is 1. The predicted octanol–water partition coefficient (Wildman–Crippen LogP) is 2.61. The van der Waals surface area contributed by atoms with Crippen LogP contribution in [0.1, 0.15) is 17.3 Å². The third-order valence-electron chi connectivity index (χ3n) is 5.45. The topological polar surface area (TPSA) is 78.0 Å². The van der Waals surface area contributed by atoms with E-state index in [9.17, 15) is 18.0 Å². The molecule has 2 aromatic carbocycles. The summed E-state index contributed by atoms with van der Waals surface area (Å²) in [5, 5.41) is 0.680. The van der Waals surface area contributed by atoms with E-state index in [-0.39, 0.29) is 17.3 Å². The lowest BCUT2D eigenvalue weighted by Gasteiger charge is -2.36. The smallest absolute Gasteiger partial charge is 0.253 e. The van der Waals surface area contributed by atoms with Crippen molar-refractivity contribution < 1.29 is 18.0 Å². The van der Waals surface area contributed by atoms with Crippen molar-refractivity contribution >= 4 is 44.8 Å². The van der Waals surface area contributed by atoms with Crippen molar-refractivity contribution in [3.8, 4) is 0 Å². The van der Waals surface area contributed by atoms with E-state index in [1.165, 1.54) is 12.1 Å². The molecule has 0 bridgehead atoms. The number of carbonyl (C=O) groups is 2. The van der Waals surface area contributed by atoms with Gasteiger partial charge in [-0.3, -0.25) is 9.59 Å². The van der Waals surface area contributed by atoms with Crippen LogP contribution in [-0.4, -0.2) is 57.1 Å². The molecular formula is C21H22ClN3O4S. The molecule has 158 valence electrons. The monoisotopic (exact) mass is 447 g/mol. The molecule has 2 amide bonds. The molecule has 4 rings (SSSR count). The number of nitrogens with zero attached hydrogens (tertiary/aromatic N) is 3. The Labute approximate surface area is 180 Å². The van der Waals surface area contributed by atoms with Gasteiger partial charge in [-0.05, 0) is 42.5 Å². The highest BCUT2D eigenvalue weighted by Crippen LogP contribution is 2.28. The zero-order valence-corrected chi connectivity index (χ0v) is 18.1. The zero-order chi connectivity index (χ0) is 21.5. The second-order valence-electron chi connectivity index (χ2n) is 7.59. The number of halogens is 1. The van der Waals surface area contributed by atoms with Gasteiger partial charge < -0.3 is 9.80 Å². The van der Waals surface area contributed by atoms with Crippen LogP contribution in [0.3, 0.4) is 0 Å². The summed E-state index contributed by atoms with van der Waals surface area (Å²) in [7, 11) is -3.65. The van der Waals surface area contributed by atoms with Crippen molar-refractivity contribution in [1.29, 1.82) is 0 Å². The van der Waals surface area contributed by atoms with Gasteiger partial charge >= 0.3 is 0 Å². The molecule has 0 unspecified atom stereocenters. The number of rotatable bonds is 3. The van der Waals surface area contributed by atoms with E-state index in [1.807, 2.05) is 24.3 Å². The fraction of sp³-hybridized carbons (Fsp3) is 0.333. The summed E-state index contributed by atoms with van der Waals surface area (Å²) in [6.45, 7) is 4.14. The lowest BCUT2D eigenvalue weighted by molar-refractivity contribution is -0.119. The maximum absolute atomic E-state index is 12.9. The molecule has 2 heterocycles. The first-order valence-corrected chi connectivity index (χ1v) is 11.7. The molecule has 7 nitrogen and oxygen atoms in total. The average molecular weight is 448 g/mol. The van der Waals surface area contributed by atoms with Crippen molar-refractivity contribution in [3.63, 3.8) is 0 Å². The molecule has 2 aliphatic rings. The Kier molecular flexibility index (Phi) is 5.46. The maximum atomic E-state index is 12.9. The average Bonchev–Trinajstić information content (AvgIpc) is 2.94. The van der Waals surface area contributed by atoms with Crippen LogP contribution in [0.4, 0.5) is 11.4 Å². The number of sulfonamides is 1. The Hall–Kier alpha value is -2.58. The maximum Gasteiger partial charge on any atom is 0.253 e. The number of benzene rings is 2. The van der Waals surface area contributed by atoms with Crippen LogP contribution in [0.15, 0.2) is 48.5 Å². The molecule has 30 heavy (non-hydrogen) atoms. The van der Waals surface area contributed by atoms with Crippen molar-refractivity contribution in [2.45, 2.75) is 6.92 Å². The van der Waals surface area contributed by atoms with Gasteiger partial charge in [0.25, 0.3) is 5.91 Å². The summed E-state index contributed by atoms with van der Waals surface area (Å²) in [6.07, 6.45) is 0. The largest absolute Gasteiger partial charge is 0.368 e. The Bertz CT molecular complexity index is 1080. The molecule has 0 saturated carbocycles. The lowest BCUT2D eigenvalue weighted by atomic mass is 10.1. The molecule has 2 aliphatic heterocycles. The van der Waals surface area contributed by atoms with Crippen LogP contribution in [0, 0.1) is 5.92 Å². The quantitative estimate of drug-likeness (QED) is 0.722. The number of carbonyl (C=O) groups excluding carboxylic acids is 2. The van der Waals surface area contributed by atoms with Gasteiger partial charge in [-0.25, -0.2) is 12.7 Å². The minimum Gasteiger partial charge on any atom is -0.368 e. The van der Waals surface area contributed by atoms with Crippen molar-refractivity contribution in [3.05, 3.63) is 59.1 Å². The van der Waals surface area contributed by atoms with Gasteiger partial charge in [-0.15, -0.1) is 0 Å². The molecule has 0 aromatic heterocycles. The molecule has 2 aromatic rings. The molecule has 0 spiro atoms. The zero-order valence-electron chi connectivity index (χ0n) is 16.5. The number of hydrogen-bond donors (Lipinski definition) is 0. The molecule has 0 aliphatic carbocycles. The molecule has 9 heteroatoms. The van der Waals surface area contributed by atoms with Crippen molar-refractivity contribution in [2.24, 2.45) is 5.92 Å². The lowest BCUT2D eigenvalue weighted by Crippen LogP contribution is -2.48. The van der Waals surface area contributed by atoms with Gasteiger partial charge in [-0.2, -0.15) is 0 Å². The van der Waals surface area contributed by atoms with E-state index in [0.717, 1.165) is 9.99 Å². The molecule has 2 saturated heterocycles. The third kappa shape index (κ3) is 3.89. The number of hydrogen-bond acceptors (Lipinski definition) is 5. The van der Waals surface area contributed by atoms with Gasteiger partial charge in [0.2, 0.25) is 15.9 Å². The van der Waals surface area contributed by atoms with E-state index < -0.39 is 21.8 Å². The summed E-state index contributed by atoms with van der Waals surface area (Å²) in [5.74, 6) is -1.31. The van der Waals surface area contributed by atoms with Crippen LogP contribution >= 0.6 is 11.6 Å². The van der Waals surface area contributed by atoms with Gasteiger partial charge in [0.15, 0.2) is 0 Å². The van der Waals surface area contributed by atoms with E-state index in [0.29, 0.717) is 36.8 Å². The summed E-state index contributed by atoms with van der Waals surface area (Å²) >= 11 is 6.06. The fourth-order valence-electron chi connectivity index (χ4n) is 3.85. The van der Waals surface area contributed by atoms with Gasteiger partial charge in [0.1, 0.15) is 0 Å². The molecule has 0 radical (unpaired) electrons. The van der Waals surface area contributed by atoms with Crippen molar-refractivity contribution in [1.82, 2.24) is 4.90 Å². The van der Waals surface area contributed by atoms with Crippen molar-refractivity contribution in [2.75, 3.05) is 41.1 Å². The van der Waals surface area contributed by atoms with Crippen LogP contribution in [0.2, 0.25) is 5.02 Å². The van der Waals surface area contributed by atoms with Crippen LogP contribution in [0.25, 0.3) is 0 Å². The van der Waals surface area contributed by atoms with Crippen LogP contribution in [-0.2, 0) is 14.8 Å². The SMILES string of the molecule is C[C@@H]1CS(=O)(=O)N(c2ccc(C(=O)N3CCN(c4cccc(Cl)c4)CC3)cc2)C1=O. The Morgan fingerprint density at radius 1 is 1.00 bits per heavy atom. The first kappa shape index (κ1) is 20.7. The summed E-state index contributed by atoms with van der Waals surface area (Å²) in [5.41, 5.74) is 1.77. The molecule has 1 atom stereocenters. The highest BCUT2D eigenvalue weighted by Gasteiger charge is 2.41. The van der Waals surface area contributed by atoms with E-state index >= 15 is 0 Å². The second kappa shape index (κ2) is 7.92. The second-order valence-corrected chi connectivity index (χ2v) is 9.89. The highest BCUT2D eigenvalue weighted by atomic mass is 35.5. The summed E-state index contributed by atoms with van der Waals surface area (Å²) in [4.78, 5) is 29.0. The van der Waals surface area contributed by atoms with Crippen LogP contribution in [0.5, 0.6) is 0 Å². The van der Waals surface area contributed by atoms with E-state index in [4.69, 9.17) is 11.6 Å². The van der Waals surface area contributed by atoms with E-state index in [2.05, 4.69) is 4.90 Å². The number of amides is 2. The predicted molar refractivity (Wildman–Crippen MR) is 116 cm³/mol. The molecular weight excluding hydrogens is 426 g/mol. The third-order valence-corrected chi connectivity index (χ3v) is 7.55. The van der Waals surface area contributed by atoms with E-state index in [1.54, 1.807) is 24.0 Å². The highest BCUT2D eigenvalue weighted by molar-refractivity contribution is 7.94. The minimum atomic E-state index is -3.65. The summed E-state index contributed by atoms with van der Waals surface area (Å²) < 4.78 is 25.3. The normalized spacial score (nSPS) is 21.2. The first-order valence-electron chi connectivity index (χ1n) is 9.73. The Morgan fingerprint density at radius 3 is 2.23 bits per heavy atom. The minimum absolute atomic E-state index is 0.115. The van der Waals surface area contributed by atoms with Gasteiger partial charge in [-0.1, -0.05) is 24.6 Å². The standard InChI is InChI=1S/C21H22ClN3O4S/c1-15-14-30(28,29)25(20(15)26)18-7-5-16(6-8-18)21(27)24-11-9-23(10-12-24)19-4-2-3-17(22)13-19/h2-8,13,15H,9-12,14H2,1H3/t15-/m1/s1. The Morgan fingerprint density at radius 2 is 1.67 bits per heavy atom. The summed E-state index contributed by atoms with van der Waals surface area (Å²) in [6, 6.07) is 13.8. The van der Waals surface area contributed by atoms with Gasteiger partial charge in [0, 0.05) is 42.5 Å². The fourth-order valence-corrected chi connectivity index (χ4v) is 5.85. The molecule has 2 fully saturated rings. The number of anilines is 2. The van der Waals surface area contributed by atoms with Crippen LogP contribution < -0.4 is 9.21 Å². The first-order chi connectivity index (χ1) is 14.3. The Balaban J connectivity index is 1.43. The molecule has 0 N–H and O–H groups in total.